The van der Waals surface area contributed by atoms with E-state index in [0.717, 1.165) is 21.6 Å². The highest BCUT2D eigenvalue weighted by molar-refractivity contribution is 9.10. The number of aromatic nitrogens is 2. The minimum absolute atomic E-state index is 0.689. The first-order chi connectivity index (χ1) is 7.72. The zero-order chi connectivity index (χ0) is 11.5. The standard InChI is InChI=1S/C12H13BrN2O/c1-3-16-10-6-4-9(5-7-10)11-12(13)14-8-15(11)2/h4-8H,3H2,1-2H3. The van der Waals surface area contributed by atoms with Crippen LogP contribution in [0.1, 0.15) is 6.92 Å². The molecule has 16 heavy (non-hydrogen) atoms. The molecule has 0 radical (unpaired) electrons. The molecular weight excluding hydrogens is 268 g/mol. The van der Waals surface area contributed by atoms with Crippen LogP contribution in [0.4, 0.5) is 0 Å². The third-order valence-corrected chi connectivity index (χ3v) is 2.91. The van der Waals surface area contributed by atoms with Crippen LogP contribution in [0, 0.1) is 0 Å². The molecule has 0 spiro atoms. The number of imidazole rings is 1. The number of aryl methyl sites for hydroxylation is 1. The summed E-state index contributed by atoms with van der Waals surface area (Å²) in [6.45, 7) is 2.67. The molecule has 0 atom stereocenters. The molecule has 1 aromatic heterocycles. The summed E-state index contributed by atoms with van der Waals surface area (Å²) in [5.74, 6) is 0.893. The first-order valence-electron chi connectivity index (χ1n) is 5.12. The van der Waals surface area contributed by atoms with Gasteiger partial charge in [0.25, 0.3) is 0 Å². The smallest absolute Gasteiger partial charge is 0.132 e. The lowest BCUT2D eigenvalue weighted by molar-refractivity contribution is 0.340. The first kappa shape index (κ1) is 11.2. The maximum atomic E-state index is 5.40. The molecule has 0 fully saturated rings. The highest BCUT2D eigenvalue weighted by Gasteiger charge is 2.08. The number of benzene rings is 1. The van der Waals surface area contributed by atoms with Crippen LogP contribution < -0.4 is 4.74 Å². The van der Waals surface area contributed by atoms with Gasteiger partial charge in [-0.3, -0.25) is 0 Å². The molecule has 0 saturated heterocycles. The molecule has 1 heterocycles. The highest BCUT2D eigenvalue weighted by atomic mass is 79.9. The Morgan fingerprint density at radius 3 is 2.50 bits per heavy atom. The normalized spacial score (nSPS) is 10.4. The van der Waals surface area contributed by atoms with E-state index in [0.29, 0.717) is 6.61 Å². The van der Waals surface area contributed by atoms with E-state index in [4.69, 9.17) is 4.74 Å². The maximum Gasteiger partial charge on any atom is 0.132 e. The van der Waals surface area contributed by atoms with Gasteiger partial charge in [-0.25, -0.2) is 4.98 Å². The van der Waals surface area contributed by atoms with Gasteiger partial charge in [-0.15, -0.1) is 0 Å². The van der Waals surface area contributed by atoms with E-state index in [9.17, 15) is 0 Å². The second-order valence-electron chi connectivity index (χ2n) is 3.45. The molecular formula is C12H13BrN2O. The summed E-state index contributed by atoms with van der Waals surface area (Å²) >= 11 is 3.44. The van der Waals surface area contributed by atoms with E-state index < -0.39 is 0 Å². The SMILES string of the molecule is CCOc1ccc(-c2c(Br)ncn2C)cc1. The molecule has 0 bridgehead atoms. The van der Waals surface area contributed by atoms with E-state index in [-0.39, 0.29) is 0 Å². The number of nitrogens with zero attached hydrogens (tertiary/aromatic N) is 2. The molecule has 0 amide bonds. The van der Waals surface area contributed by atoms with Crippen molar-refractivity contribution in [3.8, 4) is 17.0 Å². The molecule has 0 N–H and O–H groups in total. The van der Waals surface area contributed by atoms with Crippen LogP contribution in [-0.2, 0) is 7.05 Å². The Hall–Kier alpha value is -1.29. The fourth-order valence-corrected chi connectivity index (χ4v) is 2.20. The quantitative estimate of drug-likeness (QED) is 0.863. The molecule has 0 aliphatic heterocycles. The van der Waals surface area contributed by atoms with Crippen LogP contribution in [0.3, 0.4) is 0 Å². The number of halogens is 1. The molecule has 2 rings (SSSR count). The van der Waals surface area contributed by atoms with Crippen LogP contribution in [0.15, 0.2) is 35.2 Å². The molecule has 3 nitrogen and oxygen atoms in total. The van der Waals surface area contributed by atoms with Crippen molar-refractivity contribution in [3.05, 3.63) is 35.2 Å². The summed E-state index contributed by atoms with van der Waals surface area (Å²) < 4.78 is 8.25. The van der Waals surface area contributed by atoms with Crippen molar-refractivity contribution in [1.82, 2.24) is 9.55 Å². The molecule has 4 heteroatoms. The van der Waals surface area contributed by atoms with Gasteiger partial charge < -0.3 is 9.30 Å². The summed E-state index contributed by atoms with van der Waals surface area (Å²) in [7, 11) is 1.98. The van der Waals surface area contributed by atoms with Gasteiger partial charge in [-0.2, -0.15) is 0 Å². The van der Waals surface area contributed by atoms with Crippen molar-refractivity contribution in [1.29, 1.82) is 0 Å². The third kappa shape index (κ3) is 2.11. The molecule has 1 aromatic carbocycles. The predicted octanol–water partition coefficient (Wildman–Crippen LogP) is 3.25. The van der Waals surface area contributed by atoms with Gasteiger partial charge in [-0.1, -0.05) is 0 Å². The lowest BCUT2D eigenvalue weighted by Gasteiger charge is -2.06. The Morgan fingerprint density at radius 2 is 2.00 bits per heavy atom. The largest absolute Gasteiger partial charge is 0.494 e. The van der Waals surface area contributed by atoms with E-state index in [1.165, 1.54) is 0 Å². The van der Waals surface area contributed by atoms with Crippen LogP contribution in [0.5, 0.6) is 5.75 Å². The Balaban J connectivity index is 2.35. The van der Waals surface area contributed by atoms with Crippen molar-refractivity contribution < 1.29 is 4.74 Å². The topological polar surface area (TPSA) is 27.1 Å². The van der Waals surface area contributed by atoms with Crippen LogP contribution >= 0.6 is 15.9 Å². The van der Waals surface area contributed by atoms with Crippen LogP contribution in [0.2, 0.25) is 0 Å². The second-order valence-corrected chi connectivity index (χ2v) is 4.20. The lowest BCUT2D eigenvalue weighted by Crippen LogP contribution is -1.92. The van der Waals surface area contributed by atoms with Gasteiger partial charge in [0.15, 0.2) is 0 Å². The summed E-state index contributed by atoms with van der Waals surface area (Å²) in [4.78, 5) is 4.20. The van der Waals surface area contributed by atoms with Crippen molar-refractivity contribution >= 4 is 15.9 Å². The van der Waals surface area contributed by atoms with Gasteiger partial charge in [-0.05, 0) is 47.1 Å². The number of hydrogen-bond donors (Lipinski definition) is 0. The first-order valence-corrected chi connectivity index (χ1v) is 5.91. The molecule has 0 saturated carbocycles. The van der Waals surface area contributed by atoms with E-state index in [2.05, 4.69) is 20.9 Å². The van der Waals surface area contributed by atoms with Crippen molar-refractivity contribution in [2.24, 2.45) is 7.05 Å². The minimum atomic E-state index is 0.689. The summed E-state index contributed by atoms with van der Waals surface area (Å²) in [5.41, 5.74) is 2.19. The predicted molar refractivity (Wildman–Crippen MR) is 67.5 cm³/mol. The average Bonchev–Trinajstić information content (AvgIpc) is 2.61. The fourth-order valence-electron chi connectivity index (χ4n) is 1.60. The monoisotopic (exact) mass is 280 g/mol. The van der Waals surface area contributed by atoms with Gasteiger partial charge in [0, 0.05) is 12.6 Å². The third-order valence-electron chi connectivity index (χ3n) is 2.33. The van der Waals surface area contributed by atoms with Crippen molar-refractivity contribution in [3.63, 3.8) is 0 Å². The van der Waals surface area contributed by atoms with E-state index in [1.807, 2.05) is 42.8 Å². The summed E-state index contributed by atoms with van der Waals surface area (Å²) in [6, 6.07) is 8.01. The summed E-state index contributed by atoms with van der Waals surface area (Å²) in [5, 5.41) is 0. The van der Waals surface area contributed by atoms with E-state index in [1.54, 1.807) is 6.33 Å². The van der Waals surface area contributed by atoms with E-state index >= 15 is 0 Å². The Morgan fingerprint density at radius 1 is 1.31 bits per heavy atom. The van der Waals surface area contributed by atoms with Gasteiger partial charge >= 0.3 is 0 Å². The average molecular weight is 281 g/mol. The second kappa shape index (κ2) is 4.70. The van der Waals surface area contributed by atoms with Gasteiger partial charge in [0.1, 0.15) is 10.4 Å². The highest BCUT2D eigenvalue weighted by Crippen LogP contribution is 2.27. The molecule has 2 aromatic rings. The Bertz CT molecular complexity index is 457. The molecule has 0 aliphatic carbocycles. The zero-order valence-corrected chi connectivity index (χ0v) is 10.9. The number of hydrogen-bond acceptors (Lipinski definition) is 2. The zero-order valence-electron chi connectivity index (χ0n) is 9.27. The maximum absolute atomic E-state index is 5.40. The van der Waals surface area contributed by atoms with Crippen molar-refractivity contribution in [2.75, 3.05) is 6.61 Å². The van der Waals surface area contributed by atoms with Gasteiger partial charge in [0.05, 0.1) is 18.6 Å². The number of ether oxygens (including phenoxy) is 1. The molecule has 0 aliphatic rings. The lowest BCUT2D eigenvalue weighted by atomic mass is 10.1. The Labute approximate surface area is 103 Å². The van der Waals surface area contributed by atoms with Crippen LogP contribution in [0.25, 0.3) is 11.3 Å². The van der Waals surface area contributed by atoms with Crippen molar-refractivity contribution in [2.45, 2.75) is 6.92 Å². The fraction of sp³-hybridized carbons (Fsp3) is 0.250. The Kier molecular flexibility index (Phi) is 3.29. The van der Waals surface area contributed by atoms with Gasteiger partial charge in [0.2, 0.25) is 0 Å². The van der Waals surface area contributed by atoms with Crippen LogP contribution in [-0.4, -0.2) is 16.2 Å². The minimum Gasteiger partial charge on any atom is -0.494 e. The molecule has 84 valence electrons. The molecule has 0 unspecified atom stereocenters. The number of rotatable bonds is 3. The summed E-state index contributed by atoms with van der Waals surface area (Å²) in [6.07, 6.45) is 1.79.